The molecule has 0 heterocycles. The van der Waals surface area contributed by atoms with E-state index in [1.165, 1.54) is 18.2 Å². The van der Waals surface area contributed by atoms with E-state index in [-0.39, 0.29) is 29.2 Å². The standard InChI is InChI=1S/C19H17F3O4/c1-11(2)9-25-18(23)13-5-3-4-6-14(13)19(24)26-10-12-7-16(21)17(22)8-15(12)20/h3-8,11H,9-10H2,1-2H3. The summed E-state index contributed by atoms with van der Waals surface area (Å²) in [6.45, 7) is 3.30. The normalized spacial score (nSPS) is 10.7. The lowest BCUT2D eigenvalue weighted by Gasteiger charge is -2.11. The third-order valence-corrected chi connectivity index (χ3v) is 3.36. The molecule has 0 amide bonds. The Morgan fingerprint density at radius 1 is 0.885 bits per heavy atom. The van der Waals surface area contributed by atoms with E-state index in [2.05, 4.69) is 0 Å². The summed E-state index contributed by atoms with van der Waals surface area (Å²) < 4.78 is 49.7. The molecule has 0 saturated carbocycles. The number of benzene rings is 2. The van der Waals surface area contributed by atoms with Crippen molar-refractivity contribution in [3.05, 3.63) is 70.5 Å². The lowest BCUT2D eigenvalue weighted by Crippen LogP contribution is -2.16. The van der Waals surface area contributed by atoms with Crippen LogP contribution in [0, 0.1) is 23.4 Å². The number of halogens is 3. The summed E-state index contributed by atoms with van der Waals surface area (Å²) in [6.07, 6.45) is 0. The van der Waals surface area contributed by atoms with Crippen molar-refractivity contribution >= 4 is 11.9 Å². The molecular formula is C19H17F3O4. The Labute approximate surface area is 148 Å². The molecule has 0 N–H and O–H groups in total. The van der Waals surface area contributed by atoms with Gasteiger partial charge in [0, 0.05) is 11.6 Å². The molecule has 2 aromatic carbocycles. The van der Waals surface area contributed by atoms with Gasteiger partial charge in [-0.3, -0.25) is 0 Å². The molecule has 0 unspecified atom stereocenters. The Morgan fingerprint density at radius 2 is 1.42 bits per heavy atom. The van der Waals surface area contributed by atoms with Crippen molar-refractivity contribution in [1.82, 2.24) is 0 Å². The van der Waals surface area contributed by atoms with E-state index in [0.717, 1.165) is 0 Å². The van der Waals surface area contributed by atoms with Crippen molar-refractivity contribution in [3.63, 3.8) is 0 Å². The van der Waals surface area contributed by atoms with Gasteiger partial charge in [0.1, 0.15) is 12.4 Å². The molecule has 0 fully saturated rings. The maximum Gasteiger partial charge on any atom is 0.339 e. The van der Waals surface area contributed by atoms with Gasteiger partial charge >= 0.3 is 11.9 Å². The molecule has 0 radical (unpaired) electrons. The summed E-state index contributed by atoms with van der Waals surface area (Å²) in [6, 6.07) is 6.81. The van der Waals surface area contributed by atoms with E-state index in [1.54, 1.807) is 6.07 Å². The molecule has 0 aliphatic rings. The van der Waals surface area contributed by atoms with Crippen molar-refractivity contribution in [2.75, 3.05) is 6.61 Å². The predicted octanol–water partition coefficient (Wildman–Crippen LogP) is 4.27. The fourth-order valence-electron chi connectivity index (χ4n) is 2.05. The van der Waals surface area contributed by atoms with Crippen LogP contribution < -0.4 is 0 Å². The van der Waals surface area contributed by atoms with Crippen molar-refractivity contribution < 1.29 is 32.2 Å². The van der Waals surface area contributed by atoms with Crippen molar-refractivity contribution in [2.45, 2.75) is 20.5 Å². The Balaban J connectivity index is 2.13. The zero-order valence-electron chi connectivity index (χ0n) is 14.2. The monoisotopic (exact) mass is 366 g/mol. The van der Waals surface area contributed by atoms with Crippen molar-refractivity contribution in [2.24, 2.45) is 5.92 Å². The zero-order valence-corrected chi connectivity index (χ0v) is 14.2. The SMILES string of the molecule is CC(C)COC(=O)c1ccccc1C(=O)OCc1cc(F)c(F)cc1F. The van der Waals surface area contributed by atoms with Crippen LogP contribution in [0.2, 0.25) is 0 Å². The molecule has 0 aliphatic carbocycles. The Kier molecular flexibility index (Phi) is 6.38. The molecule has 26 heavy (non-hydrogen) atoms. The van der Waals surface area contributed by atoms with Crippen LogP contribution in [0.4, 0.5) is 13.2 Å². The van der Waals surface area contributed by atoms with E-state index in [0.29, 0.717) is 12.1 Å². The number of hydrogen-bond donors (Lipinski definition) is 0. The van der Waals surface area contributed by atoms with Crippen LogP contribution in [0.3, 0.4) is 0 Å². The molecule has 138 valence electrons. The smallest absolute Gasteiger partial charge is 0.339 e. The minimum Gasteiger partial charge on any atom is -0.462 e. The largest absolute Gasteiger partial charge is 0.462 e. The topological polar surface area (TPSA) is 52.6 Å². The first-order chi connectivity index (χ1) is 12.3. The van der Waals surface area contributed by atoms with Crippen molar-refractivity contribution in [1.29, 1.82) is 0 Å². The summed E-state index contributed by atoms with van der Waals surface area (Å²) >= 11 is 0. The molecule has 0 aromatic heterocycles. The summed E-state index contributed by atoms with van der Waals surface area (Å²) in [5, 5.41) is 0. The average molecular weight is 366 g/mol. The molecule has 7 heteroatoms. The highest BCUT2D eigenvalue weighted by molar-refractivity contribution is 6.03. The maximum absolute atomic E-state index is 13.6. The third kappa shape index (κ3) is 4.84. The quantitative estimate of drug-likeness (QED) is 0.566. The third-order valence-electron chi connectivity index (χ3n) is 3.36. The van der Waals surface area contributed by atoms with Gasteiger partial charge < -0.3 is 9.47 Å². The first-order valence-electron chi connectivity index (χ1n) is 7.86. The Bertz CT molecular complexity index is 818. The number of rotatable bonds is 6. The first kappa shape index (κ1) is 19.5. The minimum atomic E-state index is -1.34. The molecule has 0 spiro atoms. The molecule has 2 rings (SSSR count). The molecule has 4 nitrogen and oxygen atoms in total. The average Bonchev–Trinajstić information content (AvgIpc) is 2.61. The number of carbonyl (C=O) groups excluding carboxylic acids is 2. The van der Waals surface area contributed by atoms with Crippen LogP contribution in [-0.2, 0) is 16.1 Å². The van der Waals surface area contributed by atoms with Gasteiger partial charge in [0.15, 0.2) is 11.6 Å². The van der Waals surface area contributed by atoms with Gasteiger partial charge in [-0.1, -0.05) is 26.0 Å². The van der Waals surface area contributed by atoms with Gasteiger partial charge in [-0.2, -0.15) is 0 Å². The summed E-state index contributed by atoms with van der Waals surface area (Å²) in [4.78, 5) is 24.3. The van der Waals surface area contributed by atoms with E-state index >= 15 is 0 Å². The second-order valence-corrected chi connectivity index (χ2v) is 5.97. The highest BCUT2D eigenvalue weighted by Crippen LogP contribution is 2.17. The zero-order chi connectivity index (χ0) is 19.3. The van der Waals surface area contributed by atoms with E-state index in [4.69, 9.17) is 9.47 Å². The fourth-order valence-corrected chi connectivity index (χ4v) is 2.05. The highest BCUT2D eigenvalue weighted by Gasteiger charge is 2.20. The second kappa shape index (κ2) is 8.51. The molecular weight excluding hydrogens is 349 g/mol. The fraction of sp³-hybridized carbons (Fsp3) is 0.263. The van der Waals surface area contributed by atoms with Gasteiger partial charge in [0.05, 0.1) is 17.7 Å². The van der Waals surface area contributed by atoms with Crippen LogP contribution in [0.15, 0.2) is 36.4 Å². The Hall–Kier alpha value is -2.83. The van der Waals surface area contributed by atoms with Crippen LogP contribution in [0.1, 0.15) is 40.1 Å². The first-order valence-corrected chi connectivity index (χ1v) is 7.86. The highest BCUT2D eigenvalue weighted by atomic mass is 19.2. The lowest BCUT2D eigenvalue weighted by molar-refractivity contribution is 0.0416. The number of hydrogen-bond acceptors (Lipinski definition) is 4. The predicted molar refractivity (Wildman–Crippen MR) is 87.0 cm³/mol. The van der Waals surface area contributed by atoms with Gasteiger partial charge in [-0.25, -0.2) is 22.8 Å². The number of carbonyl (C=O) groups is 2. The van der Waals surface area contributed by atoms with E-state index < -0.39 is 36.0 Å². The Morgan fingerprint density at radius 3 is 2.00 bits per heavy atom. The van der Waals surface area contributed by atoms with Gasteiger partial charge in [0.25, 0.3) is 0 Å². The van der Waals surface area contributed by atoms with E-state index in [1.807, 2.05) is 13.8 Å². The van der Waals surface area contributed by atoms with Crippen LogP contribution in [0.5, 0.6) is 0 Å². The molecule has 0 saturated heterocycles. The maximum atomic E-state index is 13.6. The van der Waals surface area contributed by atoms with E-state index in [9.17, 15) is 22.8 Å². The van der Waals surface area contributed by atoms with Gasteiger partial charge in [-0.15, -0.1) is 0 Å². The van der Waals surface area contributed by atoms with Crippen LogP contribution in [0.25, 0.3) is 0 Å². The van der Waals surface area contributed by atoms with Crippen molar-refractivity contribution in [3.8, 4) is 0 Å². The number of ether oxygens (including phenoxy) is 2. The lowest BCUT2D eigenvalue weighted by atomic mass is 10.1. The van der Waals surface area contributed by atoms with Crippen LogP contribution >= 0.6 is 0 Å². The second-order valence-electron chi connectivity index (χ2n) is 5.97. The van der Waals surface area contributed by atoms with Gasteiger partial charge in [0.2, 0.25) is 0 Å². The summed E-state index contributed by atoms with van der Waals surface area (Å²) in [7, 11) is 0. The summed E-state index contributed by atoms with van der Waals surface area (Å²) in [5.74, 6) is -5.11. The van der Waals surface area contributed by atoms with Gasteiger partial charge in [-0.05, 0) is 24.1 Å². The minimum absolute atomic E-state index is 0.00362. The number of esters is 2. The molecule has 0 atom stereocenters. The summed E-state index contributed by atoms with van der Waals surface area (Å²) in [5.41, 5.74) is -0.384. The molecule has 0 aliphatic heterocycles. The molecule has 0 bridgehead atoms. The molecule has 2 aromatic rings. The van der Waals surface area contributed by atoms with Crippen LogP contribution in [-0.4, -0.2) is 18.5 Å².